The molecule has 1 heterocycles. The van der Waals surface area contributed by atoms with Gasteiger partial charge in [0, 0.05) is 0 Å². The molecule has 1 N–H and O–H groups in total. The van der Waals surface area contributed by atoms with Crippen LogP contribution in [0.5, 0.6) is 0 Å². The third kappa shape index (κ3) is 8.64. The van der Waals surface area contributed by atoms with Crippen molar-refractivity contribution in [3.63, 3.8) is 0 Å². The van der Waals surface area contributed by atoms with Gasteiger partial charge in [-0.3, -0.25) is 0 Å². The minimum Gasteiger partial charge on any atom is -0.316 e. The number of unbranched alkanes of at least 4 members (excludes halogenated alkanes) is 6. The maximum Gasteiger partial charge on any atom is 0.150 e. The maximum absolute atomic E-state index is 12.0. The van der Waals surface area contributed by atoms with Crippen LogP contribution in [0, 0.1) is 5.92 Å². The van der Waals surface area contributed by atoms with E-state index in [9.17, 15) is 8.42 Å². The van der Waals surface area contributed by atoms with Gasteiger partial charge in [0.15, 0.2) is 9.84 Å². The summed E-state index contributed by atoms with van der Waals surface area (Å²) < 4.78 is 24.0. The molecule has 1 aliphatic heterocycles. The van der Waals surface area contributed by atoms with E-state index in [0.717, 1.165) is 38.8 Å². The van der Waals surface area contributed by atoms with Crippen molar-refractivity contribution in [1.29, 1.82) is 0 Å². The third-order valence-electron chi connectivity index (χ3n) is 3.95. The van der Waals surface area contributed by atoms with E-state index in [0.29, 0.717) is 17.4 Å². The molecule has 19 heavy (non-hydrogen) atoms. The van der Waals surface area contributed by atoms with Crippen molar-refractivity contribution in [2.24, 2.45) is 5.92 Å². The minimum atomic E-state index is -2.82. The van der Waals surface area contributed by atoms with Gasteiger partial charge in [-0.1, -0.05) is 45.4 Å². The van der Waals surface area contributed by atoms with Gasteiger partial charge in [-0.25, -0.2) is 8.42 Å². The molecule has 0 aromatic heterocycles. The number of hydrogen-bond donors (Lipinski definition) is 1. The molecule has 1 fully saturated rings. The van der Waals surface area contributed by atoms with Gasteiger partial charge in [0.2, 0.25) is 0 Å². The first kappa shape index (κ1) is 17.0. The van der Waals surface area contributed by atoms with Gasteiger partial charge in [-0.2, -0.15) is 0 Å². The average molecular weight is 289 g/mol. The highest BCUT2D eigenvalue weighted by Crippen LogP contribution is 2.14. The van der Waals surface area contributed by atoms with Crippen molar-refractivity contribution >= 4 is 9.84 Å². The smallest absolute Gasteiger partial charge is 0.150 e. The molecule has 0 spiro atoms. The minimum absolute atomic E-state index is 0.350. The summed E-state index contributed by atoms with van der Waals surface area (Å²) in [5.41, 5.74) is 0. The standard InChI is InChI=1S/C15H31NO2S/c1-2-3-4-5-6-7-8-12-19(17,18)14-15-10-9-11-16-13-15/h15-16H,2-14H2,1H3. The molecular formula is C15H31NO2S. The second kappa shape index (κ2) is 9.76. The summed E-state index contributed by atoms with van der Waals surface area (Å²) in [6, 6.07) is 0. The molecule has 0 radical (unpaired) electrons. The first-order chi connectivity index (χ1) is 9.14. The summed E-state index contributed by atoms with van der Waals surface area (Å²) in [5, 5.41) is 3.29. The van der Waals surface area contributed by atoms with Crippen LogP contribution in [0.4, 0.5) is 0 Å². The van der Waals surface area contributed by atoms with Crippen LogP contribution in [-0.2, 0) is 9.84 Å². The molecule has 114 valence electrons. The fourth-order valence-corrected chi connectivity index (χ4v) is 4.60. The second-order valence-electron chi connectivity index (χ2n) is 5.95. The van der Waals surface area contributed by atoms with Gasteiger partial charge >= 0.3 is 0 Å². The highest BCUT2D eigenvalue weighted by atomic mass is 32.2. The third-order valence-corrected chi connectivity index (χ3v) is 5.84. The van der Waals surface area contributed by atoms with Crippen molar-refractivity contribution in [2.45, 2.75) is 64.7 Å². The number of piperidine rings is 1. The van der Waals surface area contributed by atoms with E-state index < -0.39 is 9.84 Å². The van der Waals surface area contributed by atoms with Crippen LogP contribution in [0.25, 0.3) is 0 Å². The molecule has 0 aromatic rings. The zero-order valence-corrected chi connectivity index (χ0v) is 13.3. The molecule has 0 saturated carbocycles. The van der Waals surface area contributed by atoms with E-state index in [-0.39, 0.29) is 0 Å². The van der Waals surface area contributed by atoms with Gasteiger partial charge in [-0.05, 0) is 38.3 Å². The van der Waals surface area contributed by atoms with Crippen LogP contribution >= 0.6 is 0 Å². The van der Waals surface area contributed by atoms with E-state index in [2.05, 4.69) is 12.2 Å². The van der Waals surface area contributed by atoms with Crippen molar-refractivity contribution in [1.82, 2.24) is 5.32 Å². The van der Waals surface area contributed by atoms with E-state index in [1.807, 2.05) is 0 Å². The molecule has 1 saturated heterocycles. The van der Waals surface area contributed by atoms with Gasteiger partial charge in [0.05, 0.1) is 11.5 Å². The molecule has 3 nitrogen and oxygen atoms in total. The van der Waals surface area contributed by atoms with Crippen LogP contribution in [0.3, 0.4) is 0 Å². The van der Waals surface area contributed by atoms with E-state index in [4.69, 9.17) is 0 Å². The Labute approximate surface area is 119 Å². The highest BCUT2D eigenvalue weighted by Gasteiger charge is 2.20. The zero-order valence-electron chi connectivity index (χ0n) is 12.5. The summed E-state index contributed by atoms with van der Waals surface area (Å²) >= 11 is 0. The largest absolute Gasteiger partial charge is 0.316 e. The summed E-state index contributed by atoms with van der Waals surface area (Å²) in [5.74, 6) is 1.15. The van der Waals surface area contributed by atoms with Crippen molar-refractivity contribution in [2.75, 3.05) is 24.6 Å². The first-order valence-corrected chi connectivity index (χ1v) is 9.87. The number of rotatable bonds is 10. The predicted octanol–water partition coefficient (Wildman–Crippen LogP) is 3.15. The van der Waals surface area contributed by atoms with Gasteiger partial charge in [0.25, 0.3) is 0 Å². The number of nitrogens with one attached hydrogen (secondary N) is 1. The van der Waals surface area contributed by atoms with Gasteiger partial charge in [0.1, 0.15) is 0 Å². The summed E-state index contributed by atoms with van der Waals surface area (Å²) in [6.07, 6.45) is 10.5. The lowest BCUT2D eigenvalue weighted by Crippen LogP contribution is -2.34. The van der Waals surface area contributed by atoms with Crippen LogP contribution in [0.1, 0.15) is 64.7 Å². The lowest BCUT2D eigenvalue weighted by atomic mass is 10.0. The molecule has 0 aliphatic carbocycles. The molecule has 1 aliphatic rings. The van der Waals surface area contributed by atoms with Gasteiger partial charge < -0.3 is 5.32 Å². The Kier molecular flexibility index (Phi) is 8.71. The van der Waals surface area contributed by atoms with Gasteiger partial charge in [-0.15, -0.1) is 0 Å². The Bertz CT molecular complexity index is 308. The highest BCUT2D eigenvalue weighted by molar-refractivity contribution is 7.91. The monoisotopic (exact) mass is 289 g/mol. The lowest BCUT2D eigenvalue weighted by molar-refractivity contribution is 0.403. The Morgan fingerprint density at radius 1 is 1.05 bits per heavy atom. The fourth-order valence-electron chi connectivity index (χ4n) is 2.79. The zero-order chi connectivity index (χ0) is 14.0. The van der Waals surface area contributed by atoms with E-state index in [1.54, 1.807) is 0 Å². The van der Waals surface area contributed by atoms with Crippen molar-refractivity contribution in [3.8, 4) is 0 Å². The first-order valence-electron chi connectivity index (χ1n) is 8.05. The molecular weight excluding hydrogens is 258 g/mol. The van der Waals surface area contributed by atoms with Crippen LogP contribution < -0.4 is 5.32 Å². The average Bonchev–Trinajstić information content (AvgIpc) is 2.38. The molecule has 0 amide bonds. The lowest BCUT2D eigenvalue weighted by Gasteiger charge is -2.22. The molecule has 1 unspecified atom stereocenters. The number of hydrogen-bond acceptors (Lipinski definition) is 3. The quantitative estimate of drug-likeness (QED) is 0.628. The predicted molar refractivity (Wildman–Crippen MR) is 82.2 cm³/mol. The topological polar surface area (TPSA) is 46.2 Å². The Hall–Kier alpha value is -0.0900. The molecule has 4 heteroatoms. The van der Waals surface area contributed by atoms with Crippen molar-refractivity contribution in [3.05, 3.63) is 0 Å². The van der Waals surface area contributed by atoms with Crippen LogP contribution in [-0.4, -0.2) is 33.0 Å². The fraction of sp³-hybridized carbons (Fsp3) is 1.00. The molecule has 1 atom stereocenters. The number of sulfone groups is 1. The molecule has 0 bridgehead atoms. The normalized spacial score (nSPS) is 20.6. The SMILES string of the molecule is CCCCCCCCCS(=O)(=O)CC1CCCNC1. The summed E-state index contributed by atoms with van der Waals surface area (Å²) in [7, 11) is -2.82. The Morgan fingerprint density at radius 3 is 2.37 bits per heavy atom. The summed E-state index contributed by atoms with van der Waals surface area (Å²) in [6.45, 7) is 4.15. The molecule has 0 aromatic carbocycles. The van der Waals surface area contributed by atoms with Crippen LogP contribution in [0.2, 0.25) is 0 Å². The Balaban J connectivity index is 2.06. The van der Waals surface area contributed by atoms with E-state index >= 15 is 0 Å². The Morgan fingerprint density at radius 2 is 1.74 bits per heavy atom. The van der Waals surface area contributed by atoms with Crippen molar-refractivity contribution < 1.29 is 8.42 Å². The van der Waals surface area contributed by atoms with E-state index in [1.165, 1.54) is 32.1 Å². The molecule has 1 rings (SSSR count). The van der Waals surface area contributed by atoms with Crippen LogP contribution in [0.15, 0.2) is 0 Å². The second-order valence-corrected chi connectivity index (χ2v) is 8.18. The maximum atomic E-state index is 12.0. The summed E-state index contributed by atoms with van der Waals surface area (Å²) in [4.78, 5) is 0.